The lowest BCUT2D eigenvalue weighted by atomic mass is 10.2. The largest absolute Gasteiger partial charge is 0.490 e. The number of nitrogens with zero attached hydrogens (tertiary/aromatic N) is 2. The van der Waals surface area contributed by atoms with Crippen LogP contribution in [0.2, 0.25) is 0 Å². The Kier molecular flexibility index (Phi) is 9.02. The summed E-state index contributed by atoms with van der Waals surface area (Å²) < 4.78 is 15.8. The summed E-state index contributed by atoms with van der Waals surface area (Å²) in [4.78, 5) is 35.6. The summed E-state index contributed by atoms with van der Waals surface area (Å²) in [6, 6.07) is 12.6. The van der Waals surface area contributed by atoms with Crippen LogP contribution in [-0.4, -0.2) is 49.5 Å². The number of carbonyl (C=O) groups is 3. The van der Waals surface area contributed by atoms with Crippen LogP contribution in [0.4, 0.5) is 5.69 Å². The van der Waals surface area contributed by atoms with Gasteiger partial charge in [0.25, 0.3) is 11.8 Å². The number of aryl methyl sites for hydroxylation is 1. The van der Waals surface area contributed by atoms with Crippen LogP contribution in [-0.2, 0) is 19.1 Å². The highest BCUT2D eigenvalue weighted by atomic mass is 32.2. The molecular formula is C24H24N4O6S. The SMILES string of the molecule is CCOc1cc(C=N/N=C2/NC(=O)/C(=C\C(=O)OC)S2)ccc1OCC(=O)Nc1ccccc1C. The van der Waals surface area contributed by atoms with Crippen LogP contribution in [0, 0.1) is 6.92 Å². The van der Waals surface area contributed by atoms with Gasteiger partial charge in [0.15, 0.2) is 23.3 Å². The van der Waals surface area contributed by atoms with Crippen molar-refractivity contribution in [2.24, 2.45) is 10.2 Å². The van der Waals surface area contributed by atoms with Gasteiger partial charge in [-0.2, -0.15) is 5.10 Å². The van der Waals surface area contributed by atoms with E-state index in [1.165, 1.54) is 13.3 Å². The molecule has 10 nitrogen and oxygen atoms in total. The van der Waals surface area contributed by atoms with Crippen LogP contribution in [0.5, 0.6) is 11.5 Å². The molecule has 0 spiro atoms. The molecule has 1 fully saturated rings. The maximum atomic E-state index is 12.3. The van der Waals surface area contributed by atoms with Crippen molar-refractivity contribution in [2.45, 2.75) is 13.8 Å². The lowest BCUT2D eigenvalue weighted by molar-refractivity contribution is -0.135. The van der Waals surface area contributed by atoms with Crippen molar-refractivity contribution in [1.82, 2.24) is 5.32 Å². The van der Waals surface area contributed by atoms with Crippen LogP contribution in [0.1, 0.15) is 18.1 Å². The number of anilines is 1. The van der Waals surface area contributed by atoms with Crippen molar-refractivity contribution in [1.29, 1.82) is 0 Å². The van der Waals surface area contributed by atoms with E-state index in [0.717, 1.165) is 29.1 Å². The van der Waals surface area contributed by atoms with E-state index in [2.05, 4.69) is 25.6 Å². The van der Waals surface area contributed by atoms with Crippen molar-refractivity contribution in [2.75, 3.05) is 25.6 Å². The van der Waals surface area contributed by atoms with E-state index < -0.39 is 11.9 Å². The molecule has 0 aromatic heterocycles. The van der Waals surface area contributed by atoms with Crippen LogP contribution < -0.4 is 20.1 Å². The summed E-state index contributed by atoms with van der Waals surface area (Å²) in [6.07, 6.45) is 2.56. The van der Waals surface area contributed by atoms with E-state index in [1.54, 1.807) is 18.2 Å². The zero-order valence-corrected chi connectivity index (χ0v) is 20.2. The average molecular weight is 497 g/mol. The van der Waals surface area contributed by atoms with E-state index in [1.807, 2.05) is 38.1 Å². The minimum absolute atomic E-state index is 0.164. The summed E-state index contributed by atoms with van der Waals surface area (Å²) in [6.45, 7) is 3.95. The van der Waals surface area contributed by atoms with E-state index >= 15 is 0 Å². The first kappa shape index (κ1) is 25.5. The van der Waals surface area contributed by atoms with E-state index in [9.17, 15) is 14.4 Å². The summed E-state index contributed by atoms with van der Waals surface area (Å²) >= 11 is 0.975. The first-order valence-electron chi connectivity index (χ1n) is 10.5. The number of rotatable bonds is 9. The van der Waals surface area contributed by atoms with Gasteiger partial charge in [0.05, 0.1) is 24.8 Å². The number of benzene rings is 2. The van der Waals surface area contributed by atoms with Gasteiger partial charge in [-0.15, -0.1) is 5.10 Å². The van der Waals surface area contributed by atoms with Crippen molar-refractivity contribution in [3.63, 3.8) is 0 Å². The maximum Gasteiger partial charge on any atom is 0.331 e. The van der Waals surface area contributed by atoms with Gasteiger partial charge in [-0.05, 0) is 61.0 Å². The Morgan fingerprint density at radius 3 is 2.69 bits per heavy atom. The molecule has 2 amide bonds. The highest BCUT2D eigenvalue weighted by Crippen LogP contribution is 2.28. The van der Waals surface area contributed by atoms with Crippen LogP contribution in [0.3, 0.4) is 0 Å². The van der Waals surface area contributed by atoms with E-state index in [-0.39, 0.29) is 22.6 Å². The smallest absolute Gasteiger partial charge is 0.331 e. The molecule has 2 aromatic carbocycles. The number of esters is 1. The number of hydrogen-bond donors (Lipinski definition) is 2. The topological polar surface area (TPSA) is 128 Å². The van der Waals surface area contributed by atoms with Gasteiger partial charge in [-0.1, -0.05) is 18.2 Å². The van der Waals surface area contributed by atoms with Gasteiger partial charge in [-0.3, -0.25) is 14.9 Å². The highest BCUT2D eigenvalue weighted by Gasteiger charge is 2.25. The predicted molar refractivity (Wildman–Crippen MR) is 134 cm³/mol. The summed E-state index contributed by atoms with van der Waals surface area (Å²) in [5, 5.41) is 13.5. The molecule has 0 atom stereocenters. The Labute approximate surface area is 206 Å². The van der Waals surface area contributed by atoms with Crippen LogP contribution in [0.15, 0.2) is 63.6 Å². The Hall–Kier alpha value is -4.12. The van der Waals surface area contributed by atoms with Gasteiger partial charge < -0.3 is 19.5 Å². The zero-order valence-electron chi connectivity index (χ0n) is 19.4. The summed E-state index contributed by atoms with van der Waals surface area (Å²) in [5.74, 6) is -0.530. The first-order chi connectivity index (χ1) is 16.9. The van der Waals surface area contributed by atoms with E-state index in [4.69, 9.17) is 9.47 Å². The van der Waals surface area contributed by atoms with Crippen molar-refractivity contribution >= 4 is 46.6 Å². The third-order valence-corrected chi connectivity index (χ3v) is 5.40. The molecule has 1 saturated heterocycles. The Bertz CT molecular complexity index is 1210. The van der Waals surface area contributed by atoms with Gasteiger partial charge in [0, 0.05) is 11.8 Å². The second kappa shape index (κ2) is 12.4. The fraction of sp³-hybridized carbons (Fsp3) is 0.208. The number of hydrogen-bond acceptors (Lipinski definition) is 9. The molecule has 35 heavy (non-hydrogen) atoms. The molecule has 0 radical (unpaired) electrons. The number of carbonyl (C=O) groups excluding carboxylic acids is 3. The van der Waals surface area contributed by atoms with Gasteiger partial charge >= 0.3 is 5.97 Å². The molecule has 0 aliphatic carbocycles. The van der Waals surface area contributed by atoms with Crippen LogP contribution in [0.25, 0.3) is 0 Å². The highest BCUT2D eigenvalue weighted by molar-refractivity contribution is 8.18. The van der Waals surface area contributed by atoms with Gasteiger partial charge in [0.2, 0.25) is 0 Å². The fourth-order valence-electron chi connectivity index (χ4n) is 2.82. The molecular weight excluding hydrogens is 472 g/mol. The molecule has 1 heterocycles. The van der Waals surface area contributed by atoms with E-state index in [0.29, 0.717) is 23.7 Å². The third-order valence-electron chi connectivity index (χ3n) is 4.50. The second-order valence-corrected chi connectivity index (χ2v) is 8.06. The molecule has 0 unspecified atom stereocenters. The predicted octanol–water partition coefficient (Wildman–Crippen LogP) is 3.02. The molecule has 0 saturated carbocycles. The zero-order chi connectivity index (χ0) is 25.2. The quantitative estimate of drug-likeness (QED) is 0.236. The van der Waals surface area contributed by atoms with Crippen molar-refractivity contribution < 1.29 is 28.6 Å². The molecule has 2 aromatic rings. The molecule has 182 valence electrons. The average Bonchev–Trinajstić information content (AvgIpc) is 3.18. The van der Waals surface area contributed by atoms with Crippen molar-refractivity contribution in [3.8, 4) is 11.5 Å². The van der Waals surface area contributed by atoms with Crippen molar-refractivity contribution in [3.05, 3.63) is 64.6 Å². The molecule has 0 bridgehead atoms. The normalized spacial score (nSPS) is 15.3. The monoisotopic (exact) mass is 496 g/mol. The lowest BCUT2D eigenvalue weighted by Gasteiger charge is -2.13. The molecule has 11 heteroatoms. The first-order valence-corrected chi connectivity index (χ1v) is 11.4. The number of thioether (sulfide) groups is 1. The minimum Gasteiger partial charge on any atom is -0.490 e. The standard InChI is InChI=1S/C24H24N4O6S/c1-4-33-19-11-16(13-25-28-24-27-23(31)20(35-24)12-22(30)32-3)9-10-18(19)34-14-21(29)26-17-8-6-5-7-15(17)2/h5-13H,4,14H2,1-3H3,(H,26,29)(H,27,28,31)/b20-12+,25-13?. The van der Waals surface area contributed by atoms with Gasteiger partial charge in [-0.25, -0.2) is 4.79 Å². The number of para-hydroxylation sites is 1. The maximum absolute atomic E-state index is 12.3. The Morgan fingerprint density at radius 2 is 1.94 bits per heavy atom. The van der Waals surface area contributed by atoms with Crippen LogP contribution >= 0.6 is 11.8 Å². The Morgan fingerprint density at radius 1 is 1.14 bits per heavy atom. The summed E-state index contributed by atoms with van der Waals surface area (Å²) in [5.41, 5.74) is 2.34. The Balaban J connectivity index is 1.63. The number of methoxy groups -OCH3 is 1. The second-order valence-electron chi connectivity index (χ2n) is 7.03. The number of amides is 2. The molecule has 1 aliphatic heterocycles. The fourth-order valence-corrected chi connectivity index (χ4v) is 3.56. The number of nitrogens with one attached hydrogen (secondary N) is 2. The number of ether oxygens (including phenoxy) is 3. The summed E-state index contributed by atoms with van der Waals surface area (Å²) in [7, 11) is 1.23. The molecule has 1 aliphatic rings. The third kappa shape index (κ3) is 7.44. The minimum atomic E-state index is -0.633. The lowest BCUT2D eigenvalue weighted by Crippen LogP contribution is -2.20. The van der Waals surface area contributed by atoms with Gasteiger partial charge in [0.1, 0.15) is 0 Å². The number of amidine groups is 1. The molecule has 3 rings (SSSR count). The molecule has 2 N–H and O–H groups in total.